The summed E-state index contributed by atoms with van der Waals surface area (Å²) in [7, 11) is -1.47. The fourth-order valence-corrected chi connectivity index (χ4v) is 4.38. The van der Waals surface area contributed by atoms with E-state index in [0.717, 1.165) is 11.3 Å². The van der Waals surface area contributed by atoms with Crippen LogP contribution in [0.1, 0.15) is 27.7 Å². The first-order valence-corrected chi connectivity index (χ1v) is 11.2. The van der Waals surface area contributed by atoms with Crippen LogP contribution < -0.4 is 21.0 Å². The summed E-state index contributed by atoms with van der Waals surface area (Å²) in [5.74, 6) is -2.51. The lowest BCUT2D eigenvalue weighted by Crippen LogP contribution is -2.57. The summed E-state index contributed by atoms with van der Waals surface area (Å²) in [6.07, 6.45) is -0.986. The summed E-state index contributed by atoms with van der Waals surface area (Å²) in [5, 5.41) is 37.9. The van der Waals surface area contributed by atoms with Gasteiger partial charge in [0.25, 0.3) is 0 Å². The smallest absolute Gasteiger partial charge is 0.534 e. The molecule has 4 rings (SSSR count). The van der Waals surface area contributed by atoms with Crippen molar-refractivity contribution >= 4 is 35.5 Å². The lowest BCUT2D eigenvalue weighted by atomic mass is 9.72. The van der Waals surface area contributed by atoms with Gasteiger partial charge in [-0.15, -0.1) is 11.3 Å². The molecule has 0 radical (unpaired) electrons. The van der Waals surface area contributed by atoms with Crippen molar-refractivity contribution in [2.75, 3.05) is 32.0 Å². The number of carbonyl (C=O) groups excluding carboxylic acids is 1. The number of hydrogen-bond donors (Lipinski definition) is 6. The molecule has 12 nitrogen and oxygen atoms in total. The molecule has 1 aromatic heterocycles. The molecule has 1 fully saturated rings. The average Bonchev–Trinajstić information content (AvgIpc) is 3.23. The van der Waals surface area contributed by atoms with Gasteiger partial charge in [0.2, 0.25) is 5.91 Å². The van der Waals surface area contributed by atoms with E-state index in [1.165, 1.54) is 6.07 Å². The van der Waals surface area contributed by atoms with Crippen LogP contribution in [0.25, 0.3) is 0 Å². The first kappa shape index (κ1) is 23.4. The van der Waals surface area contributed by atoms with Gasteiger partial charge >= 0.3 is 13.1 Å². The number of para-hydroxylation sites is 1. The van der Waals surface area contributed by atoms with Crippen LogP contribution in [0.4, 0.5) is 5.13 Å². The van der Waals surface area contributed by atoms with Crippen LogP contribution in [0.2, 0.25) is 0 Å². The number of nitrogens with one attached hydrogen (secondary N) is 2. The number of aliphatic hydroxyl groups excluding tert-OH is 1. The van der Waals surface area contributed by atoms with Crippen LogP contribution in [0.5, 0.6) is 5.75 Å². The van der Waals surface area contributed by atoms with Crippen LogP contribution in [0.15, 0.2) is 23.6 Å². The maximum atomic E-state index is 13.2. The summed E-state index contributed by atoms with van der Waals surface area (Å²) in [6.45, 7) is 1.89. The van der Waals surface area contributed by atoms with E-state index in [0.29, 0.717) is 37.6 Å². The predicted octanol–water partition coefficient (Wildman–Crippen LogP) is -1.20. The van der Waals surface area contributed by atoms with Crippen molar-refractivity contribution in [2.24, 2.45) is 0 Å². The number of carboxylic acids is 1. The molecule has 0 bridgehead atoms. The number of morpholine rings is 1. The largest absolute Gasteiger partial charge is 0.547 e. The van der Waals surface area contributed by atoms with Gasteiger partial charge in [-0.25, -0.2) is 9.78 Å². The highest BCUT2D eigenvalue weighted by Gasteiger charge is 2.39. The van der Waals surface area contributed by atoms with Gasteiger partial charge in [0, 0.05) is 18.5 Å². The highest BCUT2D eigenvalue weighted by Crippen LogP contribution is 2.30. The van der Waals surface area contributed by atoms with Crippen molar-refractivity contribution in [1.82, 2.24) is 20.5 Å². The van der Waals surface area contributed by atoms with Crippen LogP contribution in [0.3, 0.4) is 0 Å². The van der Waals surface area contributed by atoms with E-state index in [1.807, 2.05) is 0 Å². The molecule has 0 saturated carbocycles. The molecule has 33 heavy (non-hydrogen) atoms. The molecule has 176 valence electrons. The summed E-state index contributed by atoms with van der Waals surface area (Å²) in [4.78, 5) is 30.5. The van der Waals surface area contributed by atoms with Crippen molar-refractivity contribution in [3.63, 3.8) is 0 Å². The minimum absolute atomic E-state index is 0.0672. The van der Waals surface area contributed by atoms with Gasteiger partial charge in [-0.3, -0.25) is 15.0 Å². The lowest BCUT2D eigenvalue weighted by Gasteiger charge is -2.34. The van der Waals surface area contributed by atoms with Gasteiger partial charge in [0.15, 0.2) is 11.5 Å². The van der Waals surface area contributed by atoms with Gasteiger partial charge < -0.3 is 35.7 Å². The number of anilines is 1. The second-order valence-electron chi connectivity index (χ2n) is 7.66. The Balaban J connectivity index is 1.50. The third kappa shape index (κ3) is 5.26. The SMILES string of the molecule is Nc1nc(C(NC(O)N2CCOCC2)C(=O)N[C@H]2Cc3cccc(C(=O)O)c3OB2O)cs1. The molecule has 2 aliphatic heterocycles. The van der Waals surface area contributed by atoms with E-state index in [4.69, 9.17) is 15.1 Å². The van der Waals surface area contributed by atoms with E-state index in [2.05, 4.69) is 15.6 Å². The summed E-state index contributed by atoms with van der Waals surface area (Å²) in [6, 6.07) is 3.57. The van der Waals surface area contributed by atoms with Crippen LogP contribution in [0, 0.1) is 0 Å². The second kappa shape index (κ2) is 10.0. The zero-order valence-corrected chi connectivity index (χ0v) is 18.3. The number of ether oxygens (including phenoxy) is 1. The number of carboxylic acid groups (broad SMARTS) is 1. The number of rotatable bonds is 7. The highest BCUT2D eigenvalue weighted by molar-refractivity contribution is 7.13. The third-order valence-electron chi connectivity index (χ3n) is 5.48. The normalized spacial score (nSPS) is 20.4. The number of nitrogens with two attached hydrogens (primary N) is 1. The van der Waals surface area contributed by atoms with Gasteiger partial charge in [-0.2, -0.15) is 0 Å². The zero-order valence-electron chi connectivity index (χ0n) is 17.5. The molecule has 1 saturated heterocycles. The number of thiazole rings is 1. The number of aliphatic hydroxyl groups is 1. The Kier molecular flexibility index (Phi) is 7.12. The Morgan fingerprint density at radius 1 is 1.33 bits per heavy atom. The van der Waals surface area contributed by atoms with E-state index in [-0.39, 0.29) is 22.9 Å². The molecule has 1 amide bonds. The Labute approximate surface area is 193 Å². The number of hydrogen-bond acceptors (Lipinski definition) is 11. The quantitative estimate of drug-likeness (QED) is 0.208. The molecule has 7 N–H and O–H groups in total. The molecule has 2 unspecified atom stereocenters. The highest BCUT2D eigenvalue weighted by atomic mass is 32.1. The molecule has 2 aromatic rings. The maximum Gasteiger partial charge on any atom is 0.547 e. The number of fused-ring (bicyclic) bond motifs is 1. The number of benzene rings is 1. The van der Waals surface area contributed by atoms with Crippen LogP contribution in [-0.4, -0.2) is 82.7 Å². The Bertz CT molecular complexity index is 1020. The van der Waals surface area contributed by atoms with Crippen molar-refractivity contribution in [3.05, 3.63) is 40.4 Å². The van der Waals surface area contributed by atoms with E-state index < -0.39 is 37.3 Å². The number of aromatic nitrogens is 1. The number of amides is 1. The fraction of sp³-hybridized carbons (Fsp3) is 0.421. The zero-order chi connectivity index (χ0) is 23.5. The first-order valence-electron chi connectivity index (χ1n) is 10.3. The molecule has 2 aliphatic rings. The van der Waals surface area contributed by atoms with E-state index in [1.54, 1.807) is 22.4 Å². The number of nitrogens with zero attached hydrogens (tertiary/aromatic N) is 2. The second-order valence-corrected chi connectivity index (χ2v) is 8.55. The van der Waals surface area contributed by atoms with Gasteiger partial charge in [-0.1, -0.05) is 12.1 Å². The minimum atomic E-state index is -1.47. The van der Waals surface area contributed by atoms with E-state index in [9.17, 15) is 24.8 Å². The van der Waals surface area contributed by atoms with Crippen molar-refractivity contribution in [1.29, 1.82) is 0 Å². The number of aromatic carboxylic acids is 1. The van der Waals surface area contributed by atoms with Crippen LogP contribution >= 0.6 is 11.3 Å². The topological polar surface area (TPSA) is 179 Å². The predicted molar refractivity (Wildman–Crippen MR) is 118 cm³/mol. The third-order valence-corrected chi connectivity index (χ3v) is 6.17. The lowest BCUT2D eigenvalue weighted by molar-refractivity contribution is -0.128. The van der Waals surface area contributed by atoms with Crippen molar-refractivity contribution < 1.29 is 34.2 Å². The Morgan fingerprint density at radius 2 is 2.09 bits per heavy atom. The molecule has 3 heterocycles. The van der Waals surface area contributed by atoms with Crippen LogP contribution in [-0.2, 0) is 16.0 Å². The molecule has 14 heteroatoms. The average molecular weight is 477 g/mol. The molecular weight excluding hydrogens is 453 g/mol. The summed E-state index contributed by atoms with van der Waals surface area (Å²) in [5.41, 5.74) is 6.54. The molecule has 1 aromatic carbocycles. The molecule has 3 atom stereocenters. The van der Waals surface area contributed by atoms with Crippen molar-refractivity contribution in [2.45, 2.75) is 24.8 Å². The first-order chi connectivity index (χ1) is 15.8. The summed E-state index contributed by atoms with van der Waals surface area (Å²) >= 11 is 1.16. The van der Waals surface area contributed by atoms with Gasteiger partial charge in [0.1, 0.15) is 11.8 Å². The molecule has 0 spiro atoms. The van der Waals surface area contributed by atoms with E-state index >= 15 is 0 Å². The summed E-state index contributed by atoms with van der Waals surface area (Å²) < 4.78 is 10.7. The standard InChI is InChI=1S/C19H24BN5O7S/c21-18-22-12(9-33-18)14(24-19(29)25-4-6-31-7-5-25)16(26)23-13-8-10-2-1-3-11(17(27)28)15(10)32-20(13)30/h1-3,9,13-14,19,24,29-30H,4-8H2,(H2,21,22)(H,23,26)(H,27,28)/t13-,14?,19?/m0/s1. The minimum Gasteiger partial charge on any atom is -0.534 e. The van der Waals surface area contributed by atoms with Gasteiger partial charge in [0.05, 0.1) is 30.4 Å². The molecule has 0 aliphatic carbocycles. The molecular formula is C19H24BN5O7S. The van der Waals surface area contributed by atoms with Crippen molar-refractivity contribution in [3.8, 4) is 5.75 Å². The van der Waals surface area contributed by atoms with Gasteiger partial charge in [-0.05, 0) is 18.1 Å². The number of nitrogen functional groups attached to an aromatic ring is 1. The Morgan fingerprint density at radius 3 is 2.76 bits per heavy atom. The monoisotopic (exact) mass is 477 g/mol. The number of carbonyl (C=O) groups is 2. The fourth-order valence-electron chi connectivity index (χ4n) is 3.79. The maximum absolute atomic E-state index is 13.2. The Hall–Kier alpha value is -2.75.